The molecule has 1 amide bonds. The Morgan fingerprint density at radius 2 is 1.97 bits per heavy atom. The van der Waals surface area contributed by atoms with E-state index in [0.29, 0.717) is 23.8 Å². The Labute approximate surface area is 167 Å². The number of carbonyl (C=O) groups is 1. The lowest BCUT2D eigenvalue weighted by Crippen LogP contribution is -2.41. The van der Waals surface area contributed by atoms with Crippen LogP contribution in [0.1, 0.15) is 24.9 Å². The lowest BCUT2D eigenvalue weighted by atomic mass is 10.1. The van der Waals surface area contributed by atoms with Gasteiger partial charge >= 0.3 is 5.69 Å². The number of aromatic nitrogens is 2. The van der Waals surface area contributed by atoms with Crippen LogP contribution in [0.4, 0.5) is 11.5 Å². The SMILES string of the molecule is CC(N[C@@H]1CCN(c2cc(=O)n(C)c(=O)n2C)C1)c1ccc2c(c1)OCC(=O)N2. The van der Waals surface area contributed by atoms with Crippen molar-refractivity contribution < 1.29 is 9.53 Å². The third-order valence-electron chi connectivity index (χ3n) is 5.64. The summed E-state index contributed by atoms with van der Waals surface area (Å²) in [6, 6.07) is 7.60. The second-order valence-corrected chi connectivity index (χ2v) is 7.65. The summed E-state index contributed by atoms with van der Waals surface area (Å²) in [7, 11) is 3.17. The van der Waals surface area contributed by atoms with E-state index in [1.807, 2.05) is 18.2 Å². The smallest absolute Gasteiger partial charge is 0.332 e. The molecule has 4 rings (SSSR count). The molecular formula is C20H25N5O4. The Morgan fingerprint density at radius 3 is 2.76 bits per heavy atom. The predicted octanol–water partition coefficient (Wildman–Crippen LogP) is 0.344. The Bertz CT molecular complexity index is 1070. The summed E-state index contributed by atoms with van der Waals surface area (Å²) < 4.78 is 8.13. The number of ether oxygens (including phenoxy) is 1. The molecule has 0 saturated carbocycles. The molecule has 1 fully saturated rings. The number of anilines is 2. The summed E-state index contributed by atoms with van der Waals surface area (Å²) in [5, 5.41) is 6.41. The van der Waals surface area contributed by atoms with Gasteiger partial charge in [0.1, 0.15) is 11.6 Å². The number of carbonyl (C=O) groups excluding carboxylic acids is 1. The molecular weight excluding hydrogens is 374 g/mol. The fraction of sp³-hybridized carbons (Fsp3) is 0.450. The molecule has 154 valence electrons. The Kier molecular flexibility index (Phi) is 4.91. The van der Waals surface area contributed by atoms with E-state index < -0.39 is 0 Å². The van der Waals surface area contributed by atoms with Crippen LogP contribution in [0.5, 0.6) is 5.75 Å². The van der Waals surface area contributed by atoms with Crippen molar-refractivity contribution in [3.63, 3.8) is 0 Å². The van der Waals surface area contributed by atoms with Crippen molar-refractivity contribution in [3.05, 3.63) is 50.7 Å². The number of hydrogen-bond donors (Lipinski definition) is 2. The van der Waals surface area contributed by atoms with Crippen LogP contribution in [0, 0.1) is 0 Å². The lowest BCUT2D eigenvalue weighted by Gasteiger charge is -2.24. The molecule has 0 bridgehead atoms. The van der Waals surface area contributed by atoms with Gasteiger partial charge in [-0.2, -0.15) is 0 Å². The second kappa shape index (κ2) is 7.40. The molecule has 1 unspecified atom stereocenters. The third-order valence-corrected chi connectivity index (χ3v) is 5.64. The van der Waals surface area contributed by atoms with Crippen LogP contribution < -0.4 is 31.5 Å². The summed E-state index contributed by atoms with van der Waals surface area (Å²) >= 11 is 0. The van der Waals surface area contributed by atoms with E-state index in [1.54, 1.807) is 7.05 Å². The summed E-state index contributed by atoms with van der Waals surface area (Å²) in [6.45, 7) is 3.59. The zero-order valence-electron chi connectivity index (χ0n) is 16.8. The molecule has 9 nitrogen and oxygen atoms in total. The zero-order chi connectivity index (χ0) is 20.7. The first kappa shape index (κ1) is 19.3. The van der Waals surface area contributed by atoms with E-state index in [0.717, 1.165) is 23.1 Å². The van der Waals surface area contributed by atoms with E-state index in [4.69, 9.17) is 4.74 Å². The van der Waals surface area contributed by atoms with Gasteiger partial charge in [0, 0.05) is 45.3 Å². The molecule has 3 heterocycles. The monoisotopic (exact) mass is 399 g/mol. The van der Waals surface area contributed by atoms with Crippen LogP contribution in [0.15, 0.2) is 33.9 Å². The van der Waals surface area contributed by atoms with Gasteiger partial charge < -0.3 is 20.3 Å². The maximum atomic E-state index is 12.2. The van der Waals surface area contributed by atoms with E-state index in [2.05, 4.69) is 22.5 Å². The molecule has 29 heavy (non-hydrogen) atoms. The van der Waals surface area contributed by atoms with E-state index >= 15 is 0 Å². The van der Waals surface area contributed by atoms with Crippen LogP contribution in [0.25, 0.3) is 0 Å². The van der Waals surface area contributed by atoms with Gasteiger partial charge in [-0.1, -0.05) is 6.07 Å². The third kappa shape index (κ3) is 3.65. The first-order chi connectivity index (χ1) is 13.8. The maximum Gasteiger partial charge on any atom is 0.332 e. The molecule has 2 aliphatic rings. The van der Waals surface area contributed by atoms with Crippen molar-refractivity contribution in [2.24, 2.45) is 14.1 Å². The highest BCUT2D eigenvalue weighted by atomic mass is 16.5. The minimum atomic E-state index is -0.321. The van der Waals surface area contributed by atoms with Crippen molar-refractivity contribution >= 4 is 17.4 Å². The highest BCUT2D eigenvalue weighted by Crippen LogP contribution is 2.31. The summed E-state index contributed by atoms with van der Waals surface area (Å²) in [4.78, 5) is 37.7. The fourth-order valence-electron chi connectivity index (χ4n) is 3.94. The largest absolute Gasteiger partial charge is 0.482 e. The van der Waals surface area contributed by atoms with Gasteiger partial charge in [-0.3, -0.25) is 18.7 Å². The van der Waals surface area contributed by atoms with Crippen LogP contribution in [-0.2, 0) is 18.9 Å². The number of hydrogen-bond acceptors (Lipinski definition) is 6. The number of benzene rings is 1. The average molecular weight is 399 g/mol. The quantitative estimate of drug-likeness (QED) is 0.770. The first-order valence-electron chi connectivity index (χ1n) is 9.68. The van der Waals surface area contributed by atoms with Gasteiger partial charge in [-0.25, -0.2) is 4.79 Å². The molecule has 2 aliphatic heterocycles. The van der Waals surface area contributed by atoms with Crippen molar-refractivity contribution in [1.82, 2.24) is 14.5 Å². The van der Waals surface area contributed by atoms with Gasteiger partial charge in [0.2, 0.25) is 0 Å². The molecule has 0 spiro atoms. The lowest BCUT2D eigenvalue weighted by molar-refractivity contribution is -0.118. The molecule has 2 N–H and O–H groups in total. The molecule has 2 atom stereocenters. The molecule has 1 aromatic heterocycles. The van der Waals surface area contributed by atoms with Gasteiger partial charge in [-0.05, 0) is 31.0 Å². The van der Waals surface area contributed by atoms with Crippen molar-refractivity contribution in [1.29, 1.82) is 0 Å². The summed E-state index contributed by atoms with van der Waals surface area (Å²) in [5.74, 6) is 1.18. The maximum absolute atomic E-state index is 12.2. The molecule has 0 radical (unpaired) electrons. The zero-order valence-corrected chi connectivity index (χ0v) is 16.8. The molecule has 9 heteroatoms. The minimum absolute atomic E-state index is 0.0328. The Hall–Kier alpha value is -3.07. The minimum Gasteiger partial charge on any atom is -0.482 e. The standard InChI is InChI=1S/C20H25N5O4/c1-12(13-4-5-15-16(8-13)29-11-17(26)22-15)21-14-6-7-25(10-14)18-9-19(27)24(3)20(28)23(18)2/h4-5,8-9,12,14,21H,6-7,10-11H2,1-3H3,(H,22,26)/t12?,14-/m1/s1. The normalized spacial score (nSPS) is 19.5. The molecule has 1 saturated heterocycles. The van der Waals surface area contributed by atoms with Gasteiger partial charge in [0.15, 0.2) is 6.61 Å². The van der Waals surface area contributed by atoms with Gasteiger partial charge in [0.05, 0.1) is 5.69 Å². The molecule has 1 aromatic carbocycles. The van der Waals surface area contributed by atoms with Crippen LogP contribution in [0.2, 0.25) is 0 Å². The first-order valence-corrected chi connectivity index (χ1v) is 9.68. The average Bonchev–Trinajstić information content (AvgIpc) is 3.16. The number of nitrogens with zero attached hydrogens (tertiary/aromatic N) is 3. The van der Waals surface area contributed by atoms with Gasteiger partial charge in [0.25, 0.3) is 11.5 Å². The number of rotatable bonds is 4. The summed E-state index contributed by atoms with van der Waals surface area (Å²) in [6.07, 6.45) is 0.908. The topological polar surface area (TPSA) is 97.6 Å². The molecule has 0 aliphatic carbocycles. The number of amides is 1. The van der Waals surface area contributed by atoms with Crippen LogP contribution in [-0.4, -0.2) is 40.8 Å². The fourth-order valence-corrected chi connectivity index (χ4v) is 3.94. The number of fused-ring (bicyclic) bond motifs is 1. The predicted molar refractivity (Wildman–Crippen MR) is 110 cm³/mol. The van der Waals surface area contributed by atoms with E-state index in [9.17, 15) is 14.4 Å². The highest BCUT2D eigenvalue weighted by Gasteiger charge is 2.27. The van der Waals surface area contributed by atoms with Crippen LogP contribution in [0.3, 0.4) is 0 Å². The van der Waals surface area contributed by atoms with Gasteiger partial charge in [-0.15, -0.1) is 0 Å². The Balaban J connectivity index is 1.45. The van der Waals surface area contributed by atoms with Crippen molar-refractivity contribution in [3.8, 4) is 5.75 Å². The second-order valence-electron chi connectivity index (χ2n) is 7.65. The molecule has 2 aromatic rings. The van der Waals surface area contributed by atoms with Crippen LogP contribution >= 0.6 is 0 Å². The van der Waals surface area contributed by atoms with Crippen molar-refractivity contribution in [2.75, 3.05) is 29.9 Å². The van der Waals surface area contributed by atoms with Crippen molar-refractivity contribution in [2.45, 2.75) is 25.4 Å². The van der Waals surface area contributed by atoms with E-state index in [-0.39, 0.29) is 35.8 Å². The highest BCUT2D eigenvalue weighted by molar-refractivity contribution is 5.95. The number of nitrogens with one attached hydrogen (secondary N) is 2. The summed E-state index contributed by atoms with van der Waals surface area (Å²) in [5.41, 5.74) is 1.14. The van der Waals surface area contributed by atoms with E-state index in [1.165, 1.54) is 17.7 Å². The Morgan fingerprint density at radius 1 is 1.17 bits per heavy atom.